The summed E-state index contributed by atoms with van der Waals surface area (Å²) in [4.78, 5) is 0. The highest BCUT2D eigenvalue weighted by atomic mass is 19.3. The first-order valence-electron chi connectivity index (χ1n) is 7.21. The third-order valence-corrected chi connectivity index (χ3v) is 3.95. The topological polar surface area (TPSA) is 21.3 Å². The van der Waals surface area contributed by atoms with E-state index in [1.54, 1.807) is 0 Å². The summed E-state index contributed by atoms with van der Waals surface area (Å²) in [6.45, 7) is 5.68. The van der Waals surface area contributed by atoms with Gasteiger partial charge >= 0.3 is 12.3 Å². The van der Waals surface area contributed by atoms with Crippen LogP contribution in [0.25, 0.3) is 0 Å². The van der Waals surface area contributed by atoms with Crippen molar-refractivity contribution in [2.45, 2.75) is 70.9 Å². The van der Waals surface area contributed by atoms with Crippen molar-refractivity contribution in [1.29, 1.82) is 0 Å². The molecule has 120 valence electrons. The molecule has 0 aliphatic heterocycles. The number of alkyl halides is 4. The number of hydrogen-bond donors (Lipinski definition) is 1. The molecular formula is C14H25F4NO. The summed E-state index contributed by atoms with van der Waals surface area (Å²) in [5, 5.41) is 3.32. The van der Waals surface area contributed by atoms with Gasteiger partial charge < -0.3 is 10.1 Å². The monoisotopic (exact) mass is 299 g/mol. The zero-order valence-corrected chi connectivity index (χ0v) is 12.4. The minimum atomic E-state index is -4.07. The van der Waals surface area contributed by atoms with Crippen LogP contribution in [0.1, 0.15) is 46.5 Å². The van der Waals surface area contributed by atoms with Crippen molar-refractivity contribution >= 4 is 0 Å². The Bertz CT molecular complexity index is 297. The summed E-state index contributed by atoms with van der Waals surface area (Å²) in [6, 6.07) is -0.0790. The molecule has 2 unspecified atom stereocenters. The number of hydrogen-bond acceptors (Lipinski definition) is 2. The van der Waals surface area contributed by atoms with Crippen molar-refractivity contribution in [3.05, 3.63) is 0 Å². The van der Waals surface area contributed by atoms with Gasteiger partial charge in [0.15, 0.2) is 0 Å². The molecule has 2 nitrogen and oxygen atoms in total. The molecule has 1 N–H and O–H groups in total. The Balaban J connectivity index is 2.65. The van der Waals surface area contributed by atoms with E-state index < -0.39 is 25.1 Å². The Morgan fingerprint density at radius 2 is 2.00 bits per heavy atom. The van der Waals surface area contributed by atoms with Crippen molar-refractivity contribution in [1.82, 2.24) is 5.32 Å². The van der Waals surface area contributed by atoms with E-state index in [-0.39, 0.29) is 11.5 Å². The van der Waals surface area contributed by atoms with E-state index in [1.165, 1.54) is 0 Å². The zero-order chi connectivity index (χ0) is 15.4. The second-order valence-electron chi connectivity index (χ2n) is 6.22. The van der Waals surface area contributed by atoms with Gasteiger partial charge in [0.1, 0.15) is 6.61 Å². The molecule has 0 bridgehead atoms. The lowest BCUT2D eigenvalue weighted by molar-refractivity contribution is -0.185. The lowest BCUT2D eigenvalue weighted by atomic mass is 9.71. The third kappa shape index (κ3) is 4.58. The normalized spacial score (nSPS) is 27.0. The summed E-state index contributed by atoms with van der Waals surface area (Å²) in [5.74, 6) is -4.07. The Hall–Kier alpha value is -0.360. The predicted octanol–water partition coefficient (Wildman–Crippen LogP) is 3.85. The van der Waals surface area contributed by atoms with Crippen LogP contribution in [0.3, 0.4) is 0 Å². The number of nitrogens with one attached hydrogen (secondary N) is 1. The van der Waals surface area contributed by atoms with Crippen LogP contribution >= 0.6 is 0 Å². The van der Waals surface area contributed by atoms with E-state index in [9.17, 15) is 17.6 Å². The van der Waals surface area contributed by atoms with E-state index >= 15 is 0 Å². The van der Waals surface area contributed by atoms with Gasteiger partial charge in [-0.3, -0.25) is 0 Å². The Labute approximate surface area is 118 Å². The highest BCUT2D eigenvalue weighted by Gasteiger charge is 2.44. The summed E-state index contributed by atoms with van der Waals surface area (Å²) < 4.78 is 55.5. The van der Waals surface area contributed by atoms with E-state index in [0.29, 0.717) is 6.42 Å². The van der Waals surface area contributed by atoms with E-state index in [2.05, 4.69) is 19.2 Å². The standard InChI is InChI=1S/C14H25F4NO/c1-4-8-19-11-10(6-5-7-13(11,2)3)20-9-14(17,18)12(15)16/h10-12,19H,4-9H2,1-3H3. The van der Waals surface area contributed by atoms with Crippen LogP contribution < -0.4 is 5.32 Å². The molecule has 0 amide bonds. The Morgan fingerprint density at radius 3 is 2.55 bits per heavy atom. The predicted molar refractivity (Wildman–Crippen MR) is 70.4 cm³/mol. The average Bonchev–Trinajstić information content (AvgIpc) is 2.34. The van der Waals surface area contributed by atoms with Gasteiger partial charge in [0.05, 0.1) is 6.10 Å². The molecule has 1 rings (SSSR count). The molecule has 1 aliphatic rings. The lowest BCUT2D eigenvalue weighted by Crippen LogP contribution is -2.54. The SMILES string of the molecule is CCCNC1C(OCC(F)(F)C(F)F)CCCC1(C)C. The van der Waals surface area contributed by atoms with Crippen LogP contribution in [-0.2, 0) is 4.74 Å². The Morgan fingerprint density at radius 1 is 1.35 bits per heavy atom. The molecular weight excluding hydrogens is 274 g/mol. The van der Waals surface area contributed by atoms with Gasteiger partial charge in [-0.1, -0.05) is 27.2 Å². The van der Waals surface area contributed by atoms with E-state index in [1.807, 2.05) is 6.92 Å². The molecule has 0 aromatic heterocycles. The minimum Gasteiger partial charge on any atom is -0.370 e. The number of ether oxygens (including phenoxy) is 1. The first-order valence-corrected chi connectivity index (χ1v) is 7.21. The first-order chi connectivity index (χ1) is 9.20. The maximum atomic E-state index is 13.0. The van der Waals surface area contributed by atoms with Crippen LogP contribution in [0, 0.1) is 5.41 Å². The van der Waals surface area contributed by atoms with Crippen LogP contribution in [0.4, 0.5) is 17.6 Å². The van der Waals surface area contributed by atoms with Crippen LogP contribution in [0.5, 0.6) is 0 Å². The largest absolute Gasteiger partial charge is 0.370 e. The molecule has 0 aromatic carbocycles. The minimum absolute atomic E-state index is 0.0790. The van der Waals surface area contributed by atoms with Gasteiger partial charge in [0.2, 0.25) is 0 Å². The number of halogens is 4. The molecule has 0 heterocycles. The summed E-state index contributed by atoms with van der Waals surface area (Å²) >= 11 is 0. The fraction of sp³-hybridized carbons (Fsp3) is 1.00. The van der Waals surface area contributed by atoms with Crippen LogP contribution in [0.15, 0.2) is 0 Å². The molecule has 1 saturated carbocycles. The number of rotatable bonds is 7. The molecule has 6 heteroatoms. The summed E-state index contributed by atoms with van der Waals surface area (Å²) in [7, 11) is 0. The second kappa shape index (κ2) is 7.07. The van der Waals surface area contributed by atoms with Gasteiger partial charge in [-0.05, 0) is 31.2 Å². The molecule has 0 radical (unpaired) electrons. The Kier molecular flexibility index (Phi) is 6.25. The smallest absolute Gasteiger partial charge is 0.330 e. The fourth-order valence-electron chi connectivity index (χ4n) is 2.75. The van der Waals surface area contributed by atoms with Crippen molar-refractivity contribution in [2.75, 3.05) is 13.2 Å². The highest BCUT2D eigenvalue weighted by molar-refractivity contribution is 4.94. The lowest BCUT2D eigenvalue weighted by Gasteiger charge is -2.44. The molecule has 0 saturated heterocycles. The van der Waals surface area contributed by atoms with Gasteiger partial charge in [-0.15, -0.1) is 0 Å². The molecule has 2 atom stereocenters. The maximum absolute atomic E-state index is 13.0. The quantitative estimate of drug-likeness (QED) is 0.721. The van der Waals surface area contributed by atoms with Crippen molar-refractivity contribution in [3.63, 3.8) is 0 Å². The van der Waals surface area contributed by atoms with E-state index in [4.69, 9.17) is 4.74 Å². The summed E-state index contributed by atoms with van der Waals surface area (Å²) in [6.07, 6.45) is -0.728. The van der Waals surface area contributed by atoms with Gasteiger partial charge in [0, 0.05) is 6.04 Å². The van der Waals surface area contributed by atoms with Gasteiger partial charge in [-0.2, -0.15) is 8.78 Å². The van der Waals surface area contributed by atoms with Crippen LogP contribution in [-0.4, -0.2) is 37.6 Å². The third-order valence-electron chi connectivity index (χ3n) is 3.95. The molecule has 1 fully saturated rings. The molecule has 0 aromatic rings. The second-order valence-corrected chi connectivity index (χ2v) is 6.22. The highest BCUT2D eigenvalue weighted by Crippen LogP contribution is 2.37. The van der Waals surface area contributed by atoms with Crippen molar-refractivity contribution < 1.29 is 22.3 Å². The van der Waals surface area contributed by atoms with Crippen LogP contribution in [0.2, 0.25) is 0 Å². The first kappa shape index (κ1) is 17.7. The maximum Gasteiger partial charge on any atom is 0.330 e. The van der Waals surface area contributed by atoms with Gasteiger partial charge in [0.25, 0.3) is 0 Å². The summed E-state index contributed by atoms with van der Waals surface area (Å²) in [5.41, 5.74) is -0.0851. The van der Waals surface area contributed by atoms with E-state index in [0.717, 1.165) is 25.8 Å². The zero-order valence-electron chi connectivity index (χ0n) is 12.4. The van der Waals surface area contributed by atoms with Crippen molar-refractivity contribution in [3.8, 4) is 0 Å². The molecule has 20 heavy (non-hydrogen) atoms. The molecule has 0 spiro atoms. The van der Waals surface area contributed by atoms with Crippen molar-refractivity contribution in [2.24, 2.45) is 5.41 Å². The average molecular weight is 299 g/mol. The fourth-order valence-corrected chi connectivity index (χ4v) is 2.75. The van der Waals surface area contributed by atoms with Gasteiger partial charge in [-0.25, -0.2) is 8.78 Å². The molecule has 1 aliphatic carbocycles.